The molecular formula is C12H21N3O2. The van der Waals surface area contributed by atoms with E-state index in [9.17, 15) is 4.79 Å². The molecule has 0 saturated heterocycles. The topological polar surface area (TPSA) is 68.0 Å². The van der Waals surface area contributed by atoms with Crippen molar-refractivity contribution in [2.24, 2.45) is 5.92 Å². The zero-order chi connectivity index (χ0) is 12.8. The average molecular weight is 239 g/mol. The molecule has 0 aliphatic carbocycles. The minimum absolute atomic E-state index is 0.0430. The molecule has 1 amide bonds. The molecule has 5 nitrogen and oxygen atoms in total. The Morgan fingerprint density at radius 1 is 1.47 bits per heavy atom. The van der Waals surface area contributed by atoms with Gasteiger partial charge in [-0.25, -0.2) is 0 Å². The zero-order valence-corrected chi connectivity index (χ0v) is 11.0. The van der Waals surface area contributed by atoms with Gasteiger partial charge in [-0.05, 0) is 19.3 Å². The van der Waals surface area contributed by atoms with Crippen molar-refractivity contribution in [3.8, 4) is 0 Å². The Kier molecular flexibility index (Phi) is 5.12. The molecule has 0 aromatic carbocycles. The van der Waals surface area contributed by atoms with Gasteiger partial charge in [-0.3, -0.25) is 4.79 Å². The minimum Gasteiger partial charge on any atom is -0.344 e. The number of nitrogens with one attached hydrogen (secondary N) is 1. The smallest absolute Gasteiger partial charge is 0.249 e. The summed E-state index contributed by atoms with van der Waals surface area (Å²) in [5, 5.41) is 6.70. The summed E-state index contributed by atoms with van der Waals surface area (Å²) in [4.78, 5) is 15.9. The number of unbranched alkanes of at least 4 members (excludes halogenated alkanes) is 1. The third kappa shape index (κ3) is 4.17. The van der Waals surface area contributed by atoms with Gasteiger partial charge >= 0.3 is 0 Å². The van der Waals surface area contributed by atoms with E-state index in [0.29, 0.717) is 18.1 Å². The number of amides is 1. The van der Waals surface area contributed by atoms with Crippen molar-refractivity contribution in [1.29, 1.82) is 0 Å². The number of nitrogens with zero attached hydrogens (tertiary/aromatic N) is 2. The molecule has 0 radical (unpaired) electrons. The molecule has 0 aliphatic rings. The molecule has 1 N–H and O–H groups in total. The monoisotopic (exact) mass is 239 g/mol. The highest BCUT2D eigenvalue weighted by molar-refractivity contribution is 5.76. The maximum absolute atomic E-state index is 11.7. The van der Waals surface area contributed by atoms with Crippen molar-refractivity contribution < 1.29 is 9.32 Å². The van der Waals surface area contributed by atoms with E-state index >= 15 is 0 Å². The zero-order valence-electron chi connectivity index (χ0n) is 11.0. The van der Waals surface area contributed by atoms with Gasteiger partial charge < -0.3 is 9.84 Å². The third-order valence-corrected chi connectivity index (χ3v) is 2.55. The fraction of sp³-hybridized carbons (Fsp3) is 0.750. The maximum Gasteiger partial charge on any atom is 0.249 e. The molecule has 0 aliphatic heterocycles. The van der Waals surface area contributed by atoms with Gasteiger partial charge in [0.1, 0.15) is 6.04 Å². The molecule has 1 atom stereocenters. The highest BCUT2D eigenvalue weighted by Gasteiger charge is 2.23. The molecule has 1 aromatic heterocycles. The van der Waals surface area contributed by atoms with Gasteiger partial charge in [0, 0.05) is 6.42 Å². The van der Waals surface area contributed by atoms with Gasteiger partial charge in [0.2, 0.25) is 11.8 Å². The summed E-state index contributed by atoms with van der Waals surface area (Å²) in [5.41, 5.74) is 0. The van der Waals surface area contributed by atoms with Crippen LogP contribution in [0.15, 0.2) is 4.52 Å². The summed E-state index contributed by atoms with van der Waals surface area (Å²) in [5.74, 6) is 1.35. The maximum atomic E-state index is 11.7. The lowest BCUT2D eigenvalue weighted by molar-refractivity contribution is -0.122. The number of aromatic nitrogens is 2. The average Bonchev–Trinajstić information content (AvgIpc) is 2.69. The first-order chi connectivity index (χ1) is 8.04. The Hall–Kier alpha value is -1.39. The molecule has 0 fully saturated rings. The van der Waals surface area contributed by atoms with Crippen LogP contribution < -0.4 is 5.32 Å². The van der Waals surface area contributed by atoms with Crippen molar-refractivity contribution in [3.63, 3.8) is 0 Å². The van der Waals surface area contributed by atoms with Crippen LogP contribution in [0.2, 0.25) is 0 Å². The van der Waals surface area contributed by atoms with Crippen LogP contribution in [-0.4, -0.2) is 16.0 Å². The van der Waals surface area contributed by atoms with Crippen LogP contribution in [0.1, 0.15) is 57.8 Å². The number of aryl methyl sites for hydroxylation is 1. The van der Waals surface area contributed by atoms with Crippen LogP contribution in [0.25, 0.3) is 0 Å². The van der Waals surface area contributed by atoms with E-state index in [2.05, 4.69) is 22.4 Å². The first kappa shape index (κ1) is 13.7. The van der Waals surface area contributed by atoms with E-state index in [1.165, 1.54) is 0 Å². The van der Waals surface area contributed by atoms with Crippen molar-refractivity contribution in [1.82, 2.24) is 15.5 Å². The molecule has 1 heterocycles. The Bertz CT molecular complexity index is 360. The minimum atomic E-state index is -0.194. The first-order valence-electron chi connectivity index (χ1n) is 6.14. The van der Waals surface area contributed by atoms with E-state index in [4.69, 9.17) is 4.52 Å². The molecular weight excluding hydrogens is 218 g/mol. The van der Waals surface area contributed by atoms with E-state index in [0.717, 1.165) is 12.8 Å². The van der Waals surface area contributed by atoms with Crippen molar-refractivity contribution >= 4 is 5.91 Å². The third-order valence-electron chi connectivity index (χ3n) is 2.55. The van der Waals surface area contributed by atoms with E-state index in [1.54, 1.807) is 6.92 Å². The van der Waals surface area contributed by atoms with Crippen LogP contribution in [-0.2, 0) is 4.79 Å². The molecule has 1 aromatic rings. The predicted molar refractivity (Wildman–Crippen MR) is 64.3 cm³/mol. The quantitative estimate of drug-likeness (QED) is 0.827. The first-order valence-corrected chi connectivity index (χ1v) is 6.14. The molecule has 0 spiro atoms. The number of carbonyl (C=O) groups is 1. The number of rotatable bonds is 6. The Labute approximate surface area is 102 Å². The second kappa shape index (κ2) is 6.37. The second-order valence-corrected chi connectivity index (χ2v) is 4.57. The van der Waals surface area contributed by atoms with Gasteiger partial charge in [-0.15, -0.1) is 0 Å². The standard InChI is InChI=1S/C12H21N3O2/c1-5-6-7-10(16)14-11(8(2)3)12-13-9(4)15-17-12/h8,11H,5-7H2,1-4H3,(H,14,16). The summed E-state index contributed by atoms with van der Waals surface area (Å²) < 4.78 is 5.12. The fourth-order valence-electron chi connectivity index (χ4n) is 1.54. The van der Waals surface area contributed by atoms with Crippen LogP contribution in [0, 0.1) is 12.8 Å². The largest absolute Gasteiger partial charge is 0.344 e. The van der Waals surface area contributed by atoms with Crippen LogP contribution >= 0.6 is 0 Å². The molecule has 0 saturated carbocycles. The van der Waals surface area contributed by atoms with E-state index < -0.39 is 0 Å². The van der Waals surface area contributed by atoms with Gasteiger partial charge in [-0.1, -0.05) is 32.3 Å². The van der Waals surface area contributed by atoms with Crippen LogP contribution in [0.3, 0.4) is 0 Å². The number of carbonyl (C=O) groups excluding carboxylic acids is 1. The lowest BCUT2D eigenvalue weighted by Crippen LogP contribution is -2.31. The van der Waals surface area contributed by atoms with Crippen molar-refractivity contribution in [3.05, 3.63) is 11.7 Å². The van der Waals surface area contributed by atoms with Crippen molar-refractivity contribution in [2.75, 3.05) is 0 Å². The molecule has 5 heteroatoms. The Morgan fingerprint density at radius 2 is 2.18 bits per heavy atom. The fourth-order valence-corrected chi connectivity index (χ4v) is 1.54. The summed E-state index contributed by atoms with van der Waals surface area (Å²) in [6, 6.07) is -0.194. The molecule has 1 unspecified atom stereocenters. The molecule has 17 heavy (non-hydrogen) atoms. The van der Waals surface area contributed by atoms with E-state index in [1.807, 2.05) is 13.8 Å². The van der Waals surface area contributed by atoms with Crippen molar-refractivity contribution in [2.45, 2.75) is 53.0 Å². The Morgan fingerprint density at radius 3 is 2.65 bits per heavy atom. The Balaban J connectivity index is 2.64. The number of hydrogen-bond acceptors (Lipinski definition) is 4. The summed E-state index contributed by atoms with van der Waals surface area (Å²) in [6.45, 7) is 7.87. The van der Waals surface area contributed by atoms with Crippen LogP contribution in [0.4, 0.5) is 0 Å². The predicted octanol–water partition coefficient (Wildman–Crippen LogP) is 2.38. The number of hydrogen-bond donors (Lipinski definition) is 1. The molecule has 1 rings (SSSR count). The lowest BCUT2D eigenvalue weighted by Gasteiger charge is -2.18. The van der Waals surface area contributed by atoms with Gasteiger partial charge in [-0.2, -0.15) is 4.98 Å². The lowest BCUT2D eigenvalue weighted by atomic mass is 10.0. The van der Waals surface area contributed by atoms with Crippen LogP contribution in [0.5, 0.6) is 0 Å². The van der Waals surface area contributed by atoms with Gasteiger partial charge in [0.15, 0.2) is 5.82 Å². The SMILES string of the molecule is CCCCC(=O)NC(c1nc(C)no1)C(C)C. The van der Waals surface area contributed by atoms with Gasteiger partial charge in [0.05, 0.1) is 0 Å². The normalized spacial score (nSPS) is 12.8. The summed E-state index contributed by atoms with van der Waals surface area (Å²) >= 11 is 0. The summed E-state index contributed by atoms with van der Waals surface area (Å²) in [7, 11) is 0. The molecule has 96 valence electrons. The molecule has 0 bridgehead atoms. The second-order valence-electron chi connectivity index (χ2n) is 4.57. The van der Waals surface area contributed by atoms with Gasteiger partial charge in [0.25, 0.3) is 0 Å². The summed E-state index contributed by atoms with van der Waals surface area (Å²) in [6.07, 6.45) is 2.46. The highest BCUT2D eigenvalue weighted by atomic mass is 16.5. The highest BCUT2D eigenvalue weighted by Crippen LogP contribution is 2.20. The van der Waals surface area contributed by atoms with E-state index in [-0.39, 0.29) is 17.9 Å².